The first-order valence-corrected chi connectivity index (χ1v) is 8.89. The molecule has 6 heteroatoms. The summed E-state index contributed by atoms with van der Waals surface area (Å²) in [7, 11) is 0. The molecular formula is C18H17N3O2S. The maximum Gasteiger partial charge on any atom is 0.269 e. The number of rotatable bonds is 3. The molecule has 0 N–H and O–H groups in total. The van der Waals surface area contributed by atoms with E-state index in [1.54, 1.807) is 11.3 Å². The van der Waals surface area contributed by atoms with E-state index in [2.05, 4.69) is 11.1 Å². The second-order valence-electron chi connectivity index (χ2n) is 5.93. The van der Waals surface area contributed by atoms with Gasteiger partial charge in [-0.15, -0.1) is 11.3 Å². The van der Waals surface area contributed by atoms with Crippen molar-refractivity contribution in [3.05, 3.63) is 63.2 Å². The lowest BCUT2D eigenvalue weighted by molar-refractivity contribution is -0.132. The average molecular weight is 339 g/mol. The molecule has 4 rings (SSSR count). The Morgan fingerprint density at radius 2 is 2.12 bits per heavy atom. The SMILES string of the molecule is O=C(Cn1c(=O)cnc2ccccc21)N1CCCC1c1cccs1. The number of benzene rings is 1. The highest BCUT2D eigenvalue weighted by molar-refractivity contribution is 7.10. The second kappa shape index (κ2) is 6.20. The molecule has 1 aromatic carbocycles. The van der Waals surface area contributed by atoms with Crippen molar-refractivity contribution in [1.82, 2.24) is 14.5 Å². The highest BCUT2D eigenvalue weighted by Gasteiger charge is 2.30. The zero-order valence-corrected chi connectivity index (χ0v) is 13.9. The van der Waals surface area contributed by atoms with Crippen LogP contribution >= 0.6 is 11.3 Å². The van der Waals surface area contributed by atoms with Crippen LogP contribution in [0.2, 0.25) is 0 Å². The first-order chi connectivity index (χ1) is 11.7. The van der Waals surface area contributed by atoms with Gasteiger partial charge in [0.2, 0.25) is 5.91 Å². The number of thiophene rings is 1. The van der Waals surface area contributed by atoms with Gasteiger partial charge in [0, 0.05) is 11.4 Å². The predicted molar refractivity (Wildman–Crippen MR) is 94.0 cm³/mol. The van der Waals surface area contributed by atoms with Gasteiger partial charge in [0.25, 0.3) is 5.56 Å². The lowest BCUT2D eigenvalue weighted by Crippen LogP contribution is -2.36. The van der Waals surface area contributed by atoms with Gasteiger partial charge in [0.15, 0.2) is 0 Å². The van der Waals surface area contributed by atoms with Gasteiger partial charge in [-0.1, -0.05) is 18.2 Å². The number of likely N-dealkylation sites (tertiary alicyclic amines) is 1. The largest absolute Gasteiger partial charge is 0.333 e. The molecule has 1 atom stereocenters. The number of amides is 1. The van der Waals surface area contributed by atoms with E-state index in [9.17, 15) is 9.59 Å². The van der Waals surface area contributed by atoms with Crippen molar-refractivity contribution in [3.8, 4) is 0 Å². The van der Waals surface area contributed by atoms with Gasteiger partial charge in [-0.25, -0.2) is 4.98 Å². The number of para-hydroxylation sites is 2. The van der Waals surface area contributed by atoms with Crippen LogP contribution in [0, 0.1) is 0 Å². The van der Waals surface area contributed by atoms with E-state index < -0.39 is 0 Å². The summed E-state index contributed by atoms with van der Waals surface area (Å²) in [4.78, 5) is 32.4. The molecule has 3 heterocycles. The number of hydrogen-bond donors (Lipinski definition) is 0. The Morgan fingerprint density at radius 3 is 2.96 bits per heavy atom. The van der Waals surface area contributed by atoms with E-state index in [1.165, 1.54) is 15.6 Å². The molecule has 122 valence electrons. The van der Waals surface area contributed by atoms with Crippen LogP contribution in [0.25, 0.3) is 11.0 Å². The summed E-state index contributed by atoms with van der Waals surface area (Å²) in [5.74, 6) is -0.00986. The maximum absolute atomic E-state index is 12.9. The van der Waals surface area contributed by atoms with Gasteiger partial charge in [0.05, 0.1) is 23.3 Å². The summed E-state index contributed by atoms with van der Waals surface area (Å²) in [5.41, 5.74) is 1.18. The number of aromatic nitrogens is 2. The Morgan fingerprint density at radius 1 is 1.25 bits per heavy atom. The molecule has 5 nitrogen and oxygen atoms in total. The minimum atomic E-state index is -0.242. The van der Waals surface area contributed by atoms with Crippen LogP contribution in [0.3, 0.4) is 0 Å². The number of carbonyl (C=O) groups excluding carboxylic acids is 1. The normalized spacial score (nSPS) is 17.5. The van der Waals surface area contributed by atoms with Crippen molar-refractivity contribution in [2.75, 3.05) is 6.54 Å². The molecule has 0 aliphatic carbocycles. The average Bonchev–Trinajstić information content (AvgIpc) is 3.28. The van der Waals surface area contributed by atoms with Gasteiger partial charge in [-0.3, -0.25) is 14.2 Å². The van der Waals surface area contributed by atoms with Crippen LogP contribution in [0.15, 0.2) is 52.8 Å². The zero-order valence-electron chi connectivity index (χ0n) is 13.1. The summed E-state index contributed by atoms with van der Waals surface area (Å²) in [5, 5.41) is 2.04. The highest BCUT2D eigenvalue weighted by atomic mass is 32.1. The van der Waals surface area contributed by atoms with E-state index in [0.29, 0.717) is 5.52 Å². The smallest absolute Gasteiger partial charge is 0.269 e. The molecule has 1 fully saturated rings. The third-order valence-electron chi connectivity index (χ3n) is 4.49. The van der Waals surface area contributed by atoms with Crippen LogP contribution in [0.5, 0.6) is 0 Å². The Kier molecular flexibility index (Phi) is 3.90. The Hall–Kier alpha value is -2.47. The molecule has 24 heavy (non-hydrogen) atoms. The minimum absolute atomic E-state index is 0.00986. The molecule has 1 unspecified atom stereocenters. The monoisotopic (exact) mass is 339 g/mol. The van der Waals surface area contributed by atoms with E-state index in [4.69, 9.17) is 0 Å². The van der Waals surface area contributed by atoms with E-state index in [1.807, 2.05) is 40.6 Å². The van der Waals surface area contributed by atoms with Crippen molar-refractivity contribution in [2.45, 2.75) is 25.4 Å². The highest BCUT2D eigenvalue weighted by Crippen LogP contribution is 2.34. The summed E-state index contributed by atoms with van der Waals surface area (Å²) in [6.07, 6.45) is 3.27. The molecule has 0 radical (unpaired) electrons. The maximum atomic E-state index is 12.9. The Labute approximate surface area is 143 Å². The molecule has 1 amide bonds. The Balaban J connectivity index is 1.65. The van der Waals surface area contributed by atoms with Gasteiger partial charge in [-0.2, -0.15) is 0 Å². The van der Waals surface area contributed by atoms with Crippen molar-refractivity contribution in [2.24, 2.45) is 0 Å². The number of carbonyl (C=O) groups is 1. The van der Waals surface area contributed by atoms with Gasteiger partial charge in [-0.05, 0) is 36.4 Å². The van der Waals surface area contributed by atoms with Gasteiger partial charge < -0.3 is 4.90 Å². The molecule has 1 saturated heterocycles. The van der Waals surface area contributed by atoms with Gasteiger partial charge >= 0.3 is 0 Å². The topological polar surface area (TPSA) is 55.2 Å². The second-order valence-corrected chi connectivity index (χ2v) is 6.91. The van der Waals surface area contributed by atoms with E-state index >= 15 is 0 Å². The van der Waals surface area contributed by atoms with Crippen LogP contribution in [0.1, 0.15) is 23.8 Å². The van der Waals surface area contributed by atoms with Crippen LogP contribution in [-0.4, -0.2) is 26.9 Å². The Bertz CT molecular complexity index is 933. The fourth-order valence-electron chi connectivity index (χ4n) is 3.35. The molecule has 0 saturated carbocycles. The summed E-state index contributed by atoms with van der Waals surface area (Å²) in [6.45, 7) is 0.808. The fourth-order valence-corrected chi connectivity index (χ4v) is 4.22. The van der Waals surface area contributed by atoms with Crippen molar-refractivity contribution in [1.29, 1.82) is 0 Å². The summed E-state index contributed by atoms with van der Waals surface area (Å²) < 4.78 is 1.52. The standard InChI is InChI=1S/C18H17N3O2S/c22-17-11-19-13-5-1-2-6-14(13)21(17)12-18(23)20-9-3-7-15(20)16-8-4-10-24-16/h1-2,4-6,8,10-11,15H,3,7,9,12H2. The molecule has 1 aliphatic heterocycles. The molecular weight excluding hydrogens is 322 g/mol. The molecule has 0 spiro atoms. The summed E-state index contributed by atoms with van der Waals surface area (Å²) >= 11 is 1.68. The van der Waals surface area contributed by atoms with Crippen LogP contribution in [-0.2, 0) is 11.3 Å². The molecule has 1 aliphatic rings. The van der Waals surface area contributed by atoms with Crippen molar-refractivity contribution < 1.29 is 4.79 Å². The minimum Gasteiger partial charge on any atom is -0.333 e. The number of hydrogen-bond acceptors (Lipinski definition) is 4. The van der Waals surface area contributed by atoms with Crippen molar-refractivity contribution >= 4 is 28.3 Å². The first-order valence-electron chi connectivity index (χ1n) is 8.01. The molecule has 3 aromatic rings. The first kappa shape index (κ1) is 15.1. The number of fused-ring (bicyclic) bond motifs is 1. The third kappa shape index (κ3) is 2.63. The van der Waals surface area contributed by atoms with E-state index in [-0.39, 0.29) is 24.1 Å². The number of nitrogens with zero attached hydrogens (tertiary/aromatic N) is 3. The summed E-state index contributed by atoms with van der Waals surface area (Å²) in [6, 6.07) is 11.6. The quantitative estimate of drug-likeness (QED) is 0.737. The lowest BCUT2D eigenvalue weighted by atomic mass is 10.2. The molecule has 2 aromatic heterocycles. The predicted octanol–water partition coefficient (Wildman–Crippen LogP) is 2.82. The molecule has 0 bridgehead atoms. The van der Waals surface area contributed by atoms with Crippen molar-refractivity contribution in [3.63, 3.8) is 0 Å². The van der Waals surface area contributed by atoms with Crippen LogP contribution < -0.4 is 5.56 Å². The lowest BCUT2D eigenvalue weighted by Gasteiger charge is -2.24. The zero-order chi connectivity index (χ0) is 16.5. The van der Waals surface area contributed by atoms with Crippen LogP contribution in [0.4, 0.5) is 0 Å². The van der Waals surface area contributed by atoms with E-state index in [0.717, 1.165) is 24.9 Å². The van der Waals surface area contributed by atoms with Gasteiger partial charge in [0.1, 0.15) is 6.54 Å². The third-order valence-corrected chi connectivity index (χ3v) is 5.46. The fraction of sp³-hybridized carbons (Fsp3) is 0.278.